The minimum Gasteiger partial charge on any atom is -0.496 e. The molecule has 4 aromatic rings. The lowest BCUT2D eigenvalue weighted by Crippen LogP contribution is -2.11. The first-order valence-electron chi connectivity index (χ1n) is 10.3. The fourth-order valence-electron chi connectivity index (χ4n) is 3.43. The molecule has 35 heavy (non-hydrogen) atoms. The predicted octanol–water partition coefficient (Wildman–Crippen LogP) is 5.81. The molecular formula is C24H21Cl2N3O6. The molecule has 0 unspecified atom stereocenters. The minimum atomic E-state index is -0.517. The van der Waals surface area contributed by atoms with Gasteiger partial charge in [-0.2, -0.15) is 4.98 Å². The maximum atomic E-state index is 12.8. The third-order valence-electron chi connectivity index (χ3n) is 5.12. The van der Waals surface area contributed by atoms with Gasteiger partial charge in [0.25, 0.3) is 5.91 Å². The van der Waals surface area contributed by atoms with Gasteiger partial charge in [0.15, 0.2) is 5.76 Å². The normalized spacial score (nSPS) is 10.8. The molecule has 0 fully saturated rings. The predicted molar refractivity (Wildman–Crippen MR) is 130 cm³/mol. The SMILES string of the molecule is COc1cc(OC)c(Cc2ccc(C(=O)Nc3c(Cl)cc(-c4noc(C)n4)cc3Cl)o2)c(OC)c1. The molecule has 0 aliphatic carbocycles. The van der Waals surface area contributed by atoms with E-state index >= 15 is 0 Å². The lowest BCUT2D eigenvalue weighted by Gasteiger charge is -2.14. The van der Waals surface area contributed by atoms with Crippen LogP contribution in [0.15, 0.2) is 45.3 Å². The minimum absolute atomic E-state index is 0.0800. The molecule has 0 radical (unpaired) electrons. The van der Waals surface area contributed by atoms with Gasteiger partial charge < -0.3 is 28.5 Å². The number of benzene rings is 2. The molecule has 0 bridgehead atoms. The highest BCUT2D eigenvalue weighted by atomic mass is 35.5. The van der Waals surface area contributed by atoms with E-state index in [0.717, 1.165) is 5.56 Å². The van der Waals surface area contributed by atoms with Crippen molar-refractivity contribution in [3.8, 4) is 28.6 Å². The molecule has 4 rings (SSSR count). The molecule has 0 saturated heterocycles. The fraction of sp³-hybridized carbons (Fsp3) is 0.208. The number of ether oxygens (including phenoxy) is 3. The van der Waals surface area contributed by atoms with Crippen molar-refractivity contribution in [2.75, 3.05) is 26.6 Å². The van der Waals surface area contributed by atoms with Crippen molar-refractivity contribution >= 4 is 34.8 Å². The summed E-state index contributed by atoms with van der Waals surface area (Å²) >= 11 is 12.7. The Morgan fingerprint density at radius 2 is 1.66 bits per heavy atom. The third-order valence-corrected chi connectivity index (χ3v) is 5.72. The van der Waals surface area contributed by atoms with E-state index in [1.165, 1.54) is 0 Å². The summed E-state index contributed by atoms with van der Waals surface area (Å²) in [5, 5.41) is 6.96. The number of anilines is 1. The molecule has 9 nitrogen and oxygen atoms in total. The zero-order valence-electron chi connectivity index (χ0n) is 19.3. The molecule has 0 spiro atoms. The van der Waals surface area contributed by atoms with Gasteiger partial charge in [-0.1, -0.05) is 28.4 Å². The maximum absolute atomic E-state index is 12.8. The highest BCUT2D eigenvalue weighted by Crippen LogP contribution is 2.37. The van der Waals surface area contributed by atoms with Crippen molar-refractivity contribution in [2.45, 2.75) is 13.3 Å². The Bertz CT molecular complexity index is 1330. The van der Waals surface area contributed by atoms with Crippen LogP contribution in [0.5, 0.6) is 17.2 Å². The number of hydrogen-bond donors (Lipinski definition) is 1. The highest BCUT2D eigenvalue weighted by molar-refractivity contribution is 6.40. The lowest BCUT2D eigenvalue weighted by molar-refractivity contribution is 0.0995. The Labute approximate surface area is 210 Å². The van der Waals surface area contributed by atoms with E-state index in [9.17, 15) is 4.79 Å². The van der Waals surface area contributed by atoms with Crippen molar-refractivity contribution in [2.24, 2.45) is 0 Å². The van der Waals surface area contributed by atoms with Crippen LogP contribution in [0.4, 0.5) is 5.69 Å². The summed E-state index contributed by atoms with van der Waals surface area (Å²) in [6.45, 7) is 1.67. The molecule has 1 N–H and O–H groups in total. The van der Waals surface area contributed by atoms with E-state index in [1.54, 1.807) is 64.7 Å². The summed E-state index contributed by atoms with van der Waals surface area (Å²) in [6, 6.07) is 9.93. The van der Waals surface area contributed by atoms with Gasteiger partial charge in [-0.15, -0.1) is 0 Å². The Balaban J connectivity index is 1.54. The monoisotopic (exact) mass is 517 g/mol. The molecular weight excluding hydrogens is 497 g/mol. The molecule has 182 valence electrons. The first-order valence-corrected chi connectivity index (χ1v) is 11.1. The molecule has 0 saturated carbocycles. The summed E-state index contributed by atoms with van der Waals surface area (Å²) < 4.78 is 27.0. The van der Waals surface area contributed by atoms with Gasteiger partial charge in [-0.25, -0.2) is 0 Å². The second kappa shape index (κ2) is 10.3. The maximum Gasteiger partial charge on any atom is 0.291 e. The molecule has 2 heterocycles. The zero-order chi connectivity index (χ0) is 25.1. The van der Waals surface area contributed by atoms with Crippen LogP contribution in [0, 0.1) is 6.92 Å². The molecule has 1 amide bonds. The number of amides is 1. The Hall–Kier alpha value is -3.69. The quantitative estimate of drug-likeness (QED) is 0.311. The van der Waals surface area contributed by atoms with Gasteiger partial charge in [0.2, 0.25) is 11.7 Å². The Kier molecular flexibility index (Phi) is 7.18. The first-order chi connectivity index (χ1) is 16.8. The number of methoxy groups -OCH3 is 3. The van der Waals surface area contributed by atoms with E-state index in [-0.39, 0.29) is 21.5 Å². The van der Waals surface area contributed by atoms with Crippen molar-refractivity contribution in [1.29, 1.82) is 0 Å². The third kappa shape index (κ3) is 5.21. The second-order valence-corrected chi connectivity index (χ2v) is 8.17. The van der Waals surface area contributed by atoms with E-state index in [0.29, 0.717) is 46.7 Å². The van der Waals surface area contributed by atoms with Crippen molar-refractivity contribution < 1.29 is 27.9 Å². The second-order valence-electron chi connectivity index (χ2n) is 7.36. The van der Waals surface area contributed by atoms with Crippen molar-refractivity contribution in [3.63, 3.8) is 0 Å². The van der Waals surface area contributed by atoms with Crippen LogP contribution in [0.2, 0.25) is 10.0 Å². The summed E-state index contributed by atoms with van der Waals surface area (Å²) in [7, 11) is 4.66. The Morgan fingerprint density at radius 3 is 2.20 bits per heavy atom. The number of halogens is 2. The van der Waals surface area contributed by atoms with Gasteiger partial charge in [0, 0.05) is 36.6 Å². The fourth-order valence-corrected chi connectivity index (χ4v) is 4.02. The van der Waals surface area contributed by atoms with Gasteiger partial charge >= 0.3 is 0 Å². The standard InChI is InChI=1S/C24H21Cl2N3O6/c1-12-27-23(29-35-12)13-7-17(25)22(18(26)8-13)28-24(30)19-6-5-14(34-19)9-16-20(32-3)10-15(31-2)11-21(16)33-4/h5-8,10-11H,9H2,1-4H3,(H,28,30). The number of aromatic nitrogens is 2. The van der Waals surface area contributed by atoms with Gasteiger partial charge in [-0.3, -0.25) is 4.79 Å². The van der Waals surface area contributed by atoms with Crippen LogP contribution in [0.1, 0.15) is 27.8 Å². The van der Waals surface area contributed by atoms with Gasteiger partial charge in [0.05, 0.1) is 37.1 Å². The summed E-state index contributed by atoms with van der Waals surface area (Å²) in [5.74, 6) is 2.56. The molecule has 2 aromatic heterocycles. The van der Waals surface area contributed by atoms with Crippen LogP contribution in [-0.2, 0) is 6.42 Å². The van der Waals surface area contributed by atoms with Crippen LogP contribution >= 0.6 is 23.2 Å². The van der Waals surface area contributed by atoms with Crippen LogP contribution < -0.4 is 19.5 Å². The number of hydrogen-bond acceptors (Lipinski definition) is 8. The summed E-state index contributed by atoms with van der Waals surface area (Å²) in [5.41, 5.74) is 1.53. The highest BCUT2D eigenvalue weighted by Gasteiger charge is 2.20. The molecule has 2 aromatic carbocycles. The van der Waals surface area contributed by atoms with Crippen molar-refractivity contribution in [3.05, 3.63) is 69.4 Å². The van der Waals surface area contributed by atoms with Crippen molar-refractivity contribution in [1.82, 2.24) is 10.1 Å². The average Bonchev–Trinajstić information content (AvgIpc) is 3.50. The van der Waals surface area contributed by atoms with Crippen LogP contribution in [-0.4, -0.2) is 37.4 Å². The first kappa shape index (κ1) is 24.4. The van der Waals surface area contributed by atoms with E-state index in [4.69, 9.17) is 46.4 Å². The summed E-state index contributed by atoms with van der Waals surface area (Å²) in [4.78, 5) is 17.0. The molecule has 0 aliphatic rings. The number of rotatable bonds is 8. The number of furan rings is 1. The molecule has 11 heteroatoms. The van der Waals surface area contributed by atoms with Crippen LogP contribution in [0.25, 0.3) is 11.4 Å². The summed E-state index contributed by atoms with van der Waals surface area (Å²) in [6.07, 6.45) is 0.323. The largest absolute Gasteiger partial charge is 0.496 e. The van der Waals surface area contributed by atoms with Gasteiger partial charge in [-0.05, 0) is 24.3 Å². The Morgan fingerprint density at radius 1 is 1.00 bits per heavy atom. The smallest absolute Gasteiger partial charge is 0.291 e. The number of aryl methyl sites for hydroxylation is 1. The zero-order valence-corrected chi connectivity index (χ0v) is 20.8. The number of nitrogens with one attached hydrogen (secondary N) is 1. The van der Waals surface area contributed by atoms with Crippen LogP contribution in [0.3, 0.4) is 0 Å². The topological polar surface area (TPSA) is 109 Å². The number of nitrogens with zero attached hydrogens (tertiary/aromatic N) is 2. The van der Waals surface area contributed by atoms with E-state index in [1.807, 2.05) is 0 Å². The number of carbonyl (C=O) groups is 1. The number of carbonyl (C=O) groups excluding carboxylic acids is 1. The molecule has 0 aliphatic heterocycles. The van der Waals surface area contributed by atoms with E-state index < -0.39 is 5.91 Å². The molecule has 0 atom stereocenters. The van der Waals surface area contributed by atoms with E-state index in [2.05, 4.69) is 15.5 Å². The lowest BCUT2D eigenvalue weighted by atomic mass is 10.1. The van der Waals surface area contributed by atoms with Gasteiger partial charge in [0.1, 0.15) is 23.0 Å². The average molecular weight is 518 g/mol.